The maximum Gasteiger partial charge on any atom is 0.328 e. The molecule has 0 saturated heterocycles. The van der Waals surface area contributed by atoms with E-state index in [4.69, 9.17) is 21.7 Å². The molecule has 0 fully saturated rings. The summed E-state index contributed by atoms with van der Waals surface area (Å²) in [6, 6.07) is -13.1. The van der Waals surface area contributed by atoms with E-state index in [-0.39, 0.29) is 0 Å². The minimum Gasteiger partial charge on any atom is -0.481 e. The molecule has 0 rings (SSSR count). The highest BCUT2D eigenvalue weighted by Gasteiger charge is 2.35. The lowest BCUT2D eigenvalue weighted by atomic mass is 10.1. The zero-order valence-electron chi connectivity index (χ0n) is 27.0. The van der Waals surface area contributed by atoms with E-state index in [1.165, 1.54) is 0 Å². The van der Waals surface area contributed by atoms with Crippen LogP contribution in [0.25, 0.3) is 0 Å². The van der Waals surface area contributed by atoms with Gasteiger partial charge in [-0.3, -0.25) is 47.9 Å². The molecule has 0 heterocycles. The smallest absolute Gasteiger partial charge is 0.328 e. The normalized spacial score (nSPS) is 15.4. The Hall–Kier alpha value is -5.95. The number of hydrogen-bond acceptors (Lipinski definition) is 14. The summed E-state index contributed by atoms with van der Waals surface area (Å²) in [5.74, 6) is -15.7. The van der Waals surface area contributed by atoms with E-state index in [1.54, 1.807) is 0 Å². The first-order valence-corrected chi connectivity index (χ1v) is 14.5. The number of nitrogens with two attached hydrogens (primary N) is 2. The summed E-state index contributed by atoms with van der Waals surface area (Å²) in [4.78, 5) is 132. The first kappa shape index (κ1) is 45.0. The van der Waals surface area contributed by atoms with Gasteiger partial charge < -0.3 is 74.0 Å². The van der Waals surface area contributed by atoms with Crippen molar-refractivity contribution >= 4 is 65.2 Å². The Bertz CT molecular complexity index is 1370. The quantitative estimate of drug-likeness (QED) is 0.0463. The number of carboxylic acid groups (broad SMARTS) is 4. The van der Waals surface area contributed by atoms with Gasteiger partial charge in [-0.25, -0.2) is 4.79 Å². The van der Waals surface area contributed by atoms with Crippen molar-refractivity contribution in [2.24, 2.45) is 11.5 Å². The molecule has 25 heteroatoms. The van der Waals surface area contributed by atoms with E-state index in [2.05, 4.69) is 0 Å². The molecule has 16 N–H and O–H groups in total. The molecule has 25 nitrogen and oxygen atoms in total. The standard InChI is InChI=1S/C26H40N8O17/c1-8(29-22(46)11(4-16(38)39)31-21(45)10(27)3-15(28)37)20(44)30-12(5-17(40)41)23(47)32-13(6-18(42)43)24(48)33-14(7-35)25(49)34-19(9(2)36)26(50)51/h8-14,19,35-36H,3-7,27H2,1-2H3,(H2,28,37)(H,29,46)(H,30,44)(H,31,45)(H,32,47)(H,33,48)(H,34,49)(H,38,39)(H,40,41)(H,42,43)(H,50,51)/t8-,9+,10-,11-,12-,13-,14-,19-/m0/s1. The molecule has 0 radical (unpaired) electrons. The van der Waals surface area contributed by atoms with Gasteiger partial charge in [0.2, 0.25) is 41.4 Å². The molecule has 0 unspecified atom stereocenters. The topological polar surface area (TPSA) is 433 Å². The lowest BCUT2D eigenvalue weighted by Gasteiger charge is -2.25. The number of aliphatic carboxylic acids is 4. The number of rotatable bonds is 23. The molecule has 7 amide bonds. The zero-order chi connectivity index (χ0) is 39.7. The first-order valence-electron chi connectivity index (χ1n) is 14.5. The van der Waals surface area contributed by atoms with Crippen LogP contribution in [0.3, 0.4) is 0 Å². The Balaban J connectivity index is 5.90. The Morgan fingerprint density at radius 2 is 0.882 bits per heavy atom. The lowest BCUT2D eigenvalue weighted by molar-refractivity contribution is -0.146. The largest absolute Gasteiger partial charge is 0.481 e. The first-order chi connectivity index (χ1) is 23.5. The molecule has 51 heavy (non-hydrogen) atoms. The number of aliphatic hydroxyl groups excluding tert-OH is 2. The van der Waals surface area contributed by atoms with Gasteiger partial charge in [0.15, 0.2) is 6.04 Å². The van der Waals surface area contributed by atoms with Crippen LogP contribution >= 0.6 is 0 Å². The van der Waals surface area contributed by atoms with E-state index in [9.17, 15) is 73.2 Å². The van der Waals surface area contributed by atoms with Gasteiger partial charge in [0.05, 0.1) is 44.4 Å². The highest BCUT2D eigenvalue weighted by atomic mass is 16.4. The third-order valence-corrected chi connectivity index (χ3v) is 6.41. The van der Waals surface area contributed by atoms with Crippen LogP contribution in [-0.2, 0) is 52.7 Å². The minimum absolute atomic E-state index is 0.664. The molecular weight excluding hydrogens is 696 g/mol. The molecule has 0 aliphatic carbocycles. The second-order valence-electron chi connectivity index (χ2n) is 10.8. The summed E-state index contributed by atoms with van der Waals surface area (Å²) >= 11 is 0. The molecule has 0 aromatic carbocycles. The third-order valence-electron chi connectivity index (χ3n) is 6.41. The predicted molar refractivity (Wildman–Crippen MR) is 162 cm³/mol. The summed E-state index contributed by atoms with van der Waals surface area (Å²) in [7, 11) is 0. The summed E-state index contributed by atoms with van der Waals surface area (Å²) in [5, 5.41) is 67.4. The molecule has 0 aromatic rings. The number of carbonyl (C=O) groups is 11. The predicted octanol–water partition coefficient (Wildman–Crippen LogP) is -8.00. The monoisotopic (exact) mass is 736 g/mol. The summed E-state index contributed by atoms with van der Waals surface area (Å²) in [6.45, 7) is 0.818. The summed E-state index contributed by atoms with van der Waals surface area (Å²) in [6.07, 6.45) is -5.73. The van der Waals surface area contributed by atoms with E-state index >= 15 is 0 Å². The molecule has 0 bridgehead atoms. The van der Waals surface area contributed by atoms with Crippen molar-refractivity contribution in [3.63, 3.8) is 0 Å². The molecule has 0 saturated carbocycles. The molecule has 0 aliphatic heterocycles. The van der Waals surface area contributed by atoms with Crippen LogP contribution in [0.5, 0.6) is 0 Å². The Kier molecular flexibility index (Phi) is 18.7. The molecular formula is C26H40N8O17. The van der Waals surface area contributed by atoms with Crippen molar-refractivity contribution in [2.45, 2.75) is 87.9 Å². The number of nitrogens with one attached hydrogen (secondary N) is 6. The molecule has 0 spiro atoms. The second kappa shape index (κ2) is 21.2. The Labute approximate surface area is 286 Å². The van der Waals surface area contributed by atoms with Gasteiger partial charge in [0.1, 0.15) is 30.2 Å². The molecule has 8 atom stereocenters. The summed E-state index contributed by atoms with van der Waals surface area (Å²) in [5.41, 5.74) is 10.4. The van der Waals surface area contributed by atoms with Gasteiger partial charge in [0.25, 0.3) is 0 Å². The van der Waals surface area contributed by atoms with Crippen LogP contribution < -0.4 is 43.4 Å². The number of amides is 7. The van der Waals surface area contributed by atoms with E-state index < -0.39 is 146 Å². The number of carbonyl (C=O) groups excluding carboxylic acids is 7. The van der Waals surface area contributed by atoms with Gasteiger partial charge in [-0.1, -0.05) is 0 Å². The van der Waals surface area contributed by atoms with Gasteiger partial charge in [-0.2, -0.15) is 0 Å². The minimum atomic E-state index is -2.10. The molecule has 0 aliphatic rings. The van der Waals surface area contributed by atoms with Crippen molar-refractivity contribution in [3.8, 4) is 0 Å². The molecule has 0 aromatic heterocycles. The fourth-order valence-electron chi connectivity index (χ4n) is 3.80. The van der Waals surface area contributed by atoms with Crippen molar-refractivity contribution in [2.75, 3.05) is 6.61 Å². The second-order valence-corrected chi connectivity index (χ2v) is 10.8. The van der Waals surface area contributed by atoms with Gasteiger partial charge in [0, 0.05) is 0 Å². The highest BCUT2D eigenvalue weighted by molar-refractivity contribution is 5.99. The highest BCUT2D eigenvalue weighted by Crippen LogP contribution is 2.03. The maximum atomic E-state index is 13.0. The fourth-order valence-corrected chi connectivity index (χ4v) is 3.80. The zero-order valence-corrected chi connectivity index (χ0v) is 27.0. The van der Waals surface area contributed by atoms with Crippen LogP contribution in [-0.4, -0.2) is 151 Å². The SMILES string of the molecule is C[C@H](NC(=O)[C@H](CC(=O)O)NC(=O)[C@@H](N)CC(N)=O)C(=O)N[C@@H](CC(=O)O)C(=O)N[C@@H](CC(=O)O)C(=O)N[C@@H](CO)C(=O)N[C@H](C(=O)O)[C@@H](C)O. The Morgan fingerprint density at radius 1 is 0.529 bits per heavy atom. The third kappa shape index (κ3) is 16.8. The maximum absolute atomic E-state index is 13.0. The van der Waals surface area contributed by atoms with Crippen LogP contribution in [0.15, 0.2) is 0 Å². The summed E-state index contributed by atoms with van der Waals surface area (Å²) < 4.78 is 0. The lowest BCUT2D eigenvalue weighted by Crippen LogP contribution is -2.60. The average Bonchev–Trinajstić information content (AvgIpc) is 2.99. The van der Waals surface area contributed by atoms with Crippen LogP contribution in [0.1, 0.15) is 39.5 Å². The fraction of sp³-hybridized carbons (Fsp3) is 0.577. The average molecular weight is 737 g/mol. The van der Waals surface area contributed by atoms with Crippen molar-refractivity contribution in [1.82, 2.24) is 31.9 Å². The Morgan fingerprint density at radius 3 is 1.24 bits per heavy atom. The van der Waals surface area contributed by atoms with Crippen molar-refractivity contribution in [1.29, 1.82) is 0 Å². The number of aliphatic hydroxyl groups is 2. The molecule has 286 valence electrons. The van der Waals surface area contributed by atoms with E-state index in [0.29, 0.717) is 0 Å². The van der Waals surface area contributed by atoms with Crippen molar-refractivity contribution < 1.29 is 83.4 Å². The van der Waals surface area contributed by atoms with Gasteiger partial charge in [-0.15, -0.1) is 0 Å². The number of hydrogen-bond donors (Lipinski definition) is 14. The van der Waals surface area contributed by atoms with Gasteiger partial charge in [-0.05, 0) is 13.8 Å². The number of carboxylic acids is 4. The van der Waals surface area contributed by atoms with Crippen LogP contribution in [0, 0.1) is 0 Å². The number of primary amides is 1. The van der Waals surface area contributed by atoms with Crippen molar-refractivity contribution in [3.05, 3.63) is 0 Å². The van der Waals surface area contributed by atoms with Crippen LogP contribution in [0.4, 0.5) is 0 Å². The van der Waals surface area contributed by atoms with Gasteiger partial charge >= 0.3 is 23.9 Å². The van der Waals surface area contributed by atoms with E-state index in [0.717, 1.165) is 13.8 Å². The van der Waals surface area contributed by atoms with E-state index in [1.807, 2.05) is 31.9 Å². The van der Waals surface area contributed by atoms with Crippen LogP contribution in [0.2, 0.25) is 0 Å².